The van der Waals surface area contributed by atoms with Gasteiger partial charge in [-0.25, -0.2) is 14.1 Å². The van der Waals surface area contributed by atoms with E-state index in [4.69, 9.17) is 5.73 Å². The van der Waals surface area contributed by atoms with Crippen LogP contribution >= 0.6 is 0 Å². The number of para-hydroxylation sites is 1. The Balaban J connectivity index is 2.26. The molecule has 0 bridgehead atoms. The number of ketones is 1. The van der Waals surface area contributed by atoms with E-state index in [0.717, 1.165) is 0 Å². The number of carbonyl (C=O) groups is 1. The van der Waals surface area contributed by atoms with Crippen molar-refractivity contribution in [2.75, 3.05) is 5.73 Å². The van der Waals surface area contributed by atoms with Crippen molar-refractivity contribution >= 4 is 11.5 Å². The molecule has 1 heterocycles. The minimum Gasteiger partial charge on any atom is -0.396 e. The standard InChI is InChI=1S/C13H15FN4O/c1-8(2)18-12(16-7-17-18)6-11(19)9-4-3-5-10(14)13(9)15/h3-5,7-8H,6,15H2,1-2H3. The maximum Gasteiger partial charge on any atom is 0.172 e. The number of nitrogen functional groups attached to an aromatic ring is 1. The Kier molecular flexibility index (Phi) is 3.59. The fourth-order valence-electron chi connectivity index (χ4n) is 1.85. The first-order valence-corrected chi connectivity index (χ1v) is 5.96. The van der Waals surface area contributed by atoms with E-state index in [2.05, 4.69) is 10.1 Å². The molecule has 1 aromatic carbocycles. The first-order chi connectivity index (χ1) is 9.00. The SMILES string of the molecule is CC(C)n1ncnc1CC(=O)c1cccc(F)c1N. The van der Waals surface area contributed by atoms with E-state index < -0.39 is 5.82 Å². The van der Waals surface area contributed by atoms with E-state index in [9.17, 15) is 9.18 Å². The molecule has 2 aromatic rings. The maximum absolute atomic E-state index is 13.3. The van der Waals surface area contributed by atoms with Crippen LogP contribution in [0.5, 0.6) is 0 Å². The van der Waals surface area contributed by atoms with Gasteiger partial charge in [0.05, 0.1) is 12.1 Å². The van der Waals surface area contributed by atoms with Gasteiger partial charge < -0.3 is 5.73 Å². The van der Waals surface area contributed by atoms with Gasteiger partial charge in [0.15, 0.2) is 5.78 Å². The molecule has 0 atom stereocenters. The molecule has 5 nitrogen and oxygen atoms in total. The highest BCUT2D eigenvalue weighted by Gasteiger charge is 2.17. The van der Waals surface area contributed by atoms with Gasteiger partial charge in [0.25, 0.3) is 0 Å². The first-order valence-electron chi connectivity index (χ1n) is 5.96. The third-order valence-electron chi connectivity index (χ3n) is 2.81. The Morgan fingerprint density at radius 2 is 2.21 bits per heavy atom. The van der Waals surface area contributed by atoms with Crippen LogP contribution in [0.2, 0.25) is 0 Å². The molecule has 100 valence electrons. The van der Waals surface area contributed by atoms with Crippen molar-refractivity contribution in [3.8, 4) is 0 Å². The molecule has 0 aliphatic heterocycles. The van der Waals surface area contributed by atoms with Crippen molar-refractivity contribution in [2.45, 2.75) is 26.3 Å². The Morgan fingerprint density at radius 3 is 2.89 bits per heavy atom. The normalized spacial score (nSPS) is 10.9. The van der Waals surface area contributed by atoms with Crippen molar-refractivity contribution in [1.82, 2.24) is 14.8 Å². The van der Waals surface area contributed by atoms with Gasteiger partial charge in [-0.2, -0.15) is 5.10 Å². The van der Waals surface area contributed by atoms with Crippen LogP contribution in [0.1, 0.15) is 36.1 Å². The fraction of sp³-hybridized carbons (Fsp3) is 0.308. The van der Waals surface area contributed by atoms with Crippen molar-refractivity contribution in [1.29, 1.82) is 0 Å². The van der Waals surface area contributed by atoms with Gasteiger partial charge >= 0.3 is 0 Å². The largest absolute Gasteiger partial charge is 0.396 e. The molecule has 0 radical (unpaired) electrons. The minimum absolute atomic E-state index is 0.0475. The molecule has 1 aromatic heterocycles. The van der Waals surface area contributed by atoms with E-state index in [-0.39, 0.29) is 29.5 Å². The van der Waals surface area contributed by atoms with Gasteiger partial charge in [-0.1, -0.05) is 6.07 Å². The van der Waals surface area contributed by atoms with Crippen LogP contribution in [0.15, 0.2) is 24.5 Å². The number of halogens is 1. The molecule has 2 rings (SSSR count). The first kappa shape index (κ1) is 13.2. The number of benzene rings is 1. The average Bonchev–Trinajstić information content (AvgIpc) is 2.80. The lowest BCUT2D eigenvalue weighted by atomic mass is 10.1. The molecule has 6 heteroatoms. The molecule has 0 unspecified atom stereocenters. The Morgan fingerprint density at radius 1 is 1.47 bits per heavy atom. The summed E-state index contributed by atoms with van der Waals surface area (Å²) >= 11 is 0. The van der Waals surface area contributed by atoms with Crippen LogP contribution in [-0.4, -0.2) is 20.5 Å². The molecule has 0 aliphatic carbocycles. The molecule has 0 spiro atoms. The van der Waals surface area contributed by atoms with Crippen molar-refractivity contribution in [3.05, 3.63) is 41.7 Å². The Labute approximate surface area is 110 Å². The number of rotatable bonds is 4. The lowest BCUT2D eigenvalue weighted by Crippen LogP contribution is -2.14. The summed E-state index contributed by atoms with van der Waals surface area (Å²) in [5.41, 5.74) is 5.63. The molecular formula is C13H15FN4O. The number of hydrogen-bond acceptors (Lipinski definition) is 4. The Hall–Kier alpha value is -2.24. The predicted molar refractivity (Wildman–Crippen MR) is 69.3 cm³/mol. The van der Waals surface area contributed by atoms with Gasteiger partial charge in [-0.15, -0.1) is 0 Å². The summed E-state index contributed by atoms with van der Waals surface area (Å²) < 4.78 is 15.0. The predicted octanol–water partition coefficient (Wildman–Crippen LogP) is 2.01. The number of anilines is 1. The summed E-state index contributed by atoms with van der Waals surface area (Å²) in [6, 6.07) is 4.31. The number of nitrogens with zero attached hydrogens (tertiary/aromatic N) is 3. The zero-order chi connectivity index (χ0) is 14.0. The zero-order valence-electron chi connectivity index (χ0n) is 10.8. The number of carbonyl (C=O) groups excluding carboxylic acids is 1. The quantitative estimate of drug-likeness (QED) is 0.675. The van der Waals surface area contributed by atoms with E-state index in [1.807, 2.05) is 13.8 Å². The van der Waals surface area contributed by atoms with Crippen LogP contribution < -0.4 is 5.73 Å². The third-order valence-corrected chi connectivity index (χ3v) is 2.81. The van der Waals surface area contributed by atoms with Gasteiger partial charge in [0, 0.05) is 11.6 Å². The number of Topliss-reactive ketones (excluding diaryl/α,β-unsaturated/α-hetero) is 1. The number of nitrogens with two attached hydrogens (primary N) is 1. The molecule has 0 amide bonds. The number of hydrogen-bond donors (Lipinski definition) is 1. The summed E-state index contributed by atoms with van der Waals surface area (Å²) in [7, 11) is 0. The van der Waals surface area contributed by atoms with Crippen molar-refractivity contribution in [2.24, 2.45) is 0 Å². The van der Waals surface area contributed by atoms with Crippen molar-refractivity contribution < 1.29 is 9.18 Å². The van der Waals surface area contributed by atoms with E-state index in [0.29, 0.717) is 5.82 Å². The van der Waals surface area contributed by atoms with Gasteiger partial charge in [-0.3, -0.25) is 4.79 Å². The van der Waals surface area contributed by atoms with Crippen LogP contribution in [-0.2, 0) is 6.42 Å². The molecule has 0 saturated carbocycles. The van der Waals surface area contributed by atoms with Crippen LogP contribution in [0.25, 0.3) is 0 Å². The second-order valence-corrected chi connectivity index (χ2v) is 4.52. The molecule has 19 heavy (non-hydrogen) atoms. The maximum atomic E-state index is 13.3. The lowest BCUT2D eigenvalue weighted by molar-refractivity contribution is 0.0989. The molecule has 0 saturated heterocycles. The zero-order valence-corrected chi connectivity index (χ0v) is 10.8. The van der Waals surface area contributed by atoms with E-state index in [1.165, 1.54) is 24.5 Å². The highest BCUT2D eigenvalue weighted by molar-refractivity contribution is 6.01. The minimum atomic E-state index is -0.587. The van der Waals surface area contributed by atoms with Gasteiger partial charge in [0.1, 0.15) is 18.0 Å². The molecule has 0 aliphatic rings. The Bertz CT molecular complexity index is 606. The summed E-state index contributed by atoms with van der Waals surface area (Å²) in [4.78, 5) is 16.2. The monoisotopic (exact) mass is 262 g/mol. The van der Waals surface area contributed by atoms with Crippen LogP contribution in [0.3, 0.4) is 0 Å². The topological polar surface area (TPSA) is 73.8 Å². The van der Waals surface area contributed by atoms with Gasteiger partial charge in [0.2, 0.25) is 0 Å². The second kappa shape index (κ2) is 5.17. The summed E-state index contributed by atoms with van der Waals surface area (Å²) in [5, 5.41) is 4.05. The highest BCUT2D eigenvalue weighted by Crippen LogP contribution is 2.18. The summed E-state index contributed by atoms with van der Waals surface area (Å²) in [5.74, 6) is -0.313. The molecule has 2 N–H and O–H groups in total. The lowest BCUT2D eigenvalue weighted by Gasteiger charge is -2.09. The van der Waals surface area contributed by atoms with Crippen LogP contribution in [0, 0.1) is 5.82 Å². The summed E-state index contributed by atoms with van der Waals surface area (Å²) in [6.07, 6.45) is 1.45. The second-order valence-electron chi connectivity index (χ2n) is 4.52. The van der Waals surface area contributed by atoms with Gasteiger partial charge in [-0.05, 0) is 26.0 Å². The average molecular weight is 262 g/mol. The van der Waals surface area contributed by atoms with Crippen molar-refractivity contribution in [3.63, 3.8) is 0 Å². The smallest absolute Gasteiger partial charge is 0.172 e. The molecular weight excluding hydrogens is 247 g/mol. The van der Waals surface area contributed by atoms with E-state index in [1.54, 1.807) is 4.68 Å². The highest BCUT2D eigenvalue weighted by atomic mass is 19.1. The summed E-state index contributed by atoms with van der Waals surface area (Å²) in [6.45, 7) is 3.89. The van der Waals surface area contributed by atoms with E-state index >= 15 is 0 Å². The molecule has 0 fully saturated rings. The number of aromatic nitrogens is 3. The van der Waals surface area contributed by atoms with Crippen LogP contribution in [0.4, 0.5) is 10.1 Å². The fourth-order valence-corrected chi connectivity index (χ4v) is 1.85. The third kappa shape index (κ3) is 2.62.